The highest BCUT2D eigenvalue weighted by Gasteiger charge is 2.21. The summed E-state index contributed by atoms with van der Waals surface area (Å²) in [5, 5.41) is 2.98. The summed E-state index contributed by atoms with van der Waals surface area (Å²) in [6, 6.07) is 9.71. The van der Waals surface area contributed by atoms with Gasteiger partial charge in [0, 0.05) is 12.1 Å². The van der Waals surface area contributed by atoms with Crippen molar-refractivity contribution in [2.45, 2.75) is 32.2 Å². The molecule has 1 unspecified atom stereocenters. The molecule has 1 atom stereocenters. The highest BCUT2D eigenvalue weighted by molar-refractivity contribution is 5.79. The Kier molecular flexibility index (Phi) is 4.50. The van der Waals surface area contributed by atoms with Gasteiger partial charge in [-0.25, -0.2) is 0 Å². The first-order valence-electron chi connectivity index (χ1n) is 5.64. The van der Waals surface area contributed by atoms with E-state index in [9.17, 15) is 4.79 Å². The standard InChI is InChI=1S/C13H20N2O/c1-3-13(2,10-14)15-12(16)9-11-7-5-4-6-8-11/h4-8H,3,9-10,14H2,1-2H3,(H,15,16). The van der Waals surface area contributed by atoms with E-state index >= 15 is 0 Å². The maximum atomic E-state index is 11.8. The molecular weight excluding hydrogens is 200 g/mol. The van der Waals surface area contributed by atoms with E-state index < -0.39 is 0 Å². The topological polar surface area (TPSA) is 55.1 Å². The molecule has 88 valence electrons. The maximum Gasteiger partial charge on any atom is 0.224 e. The highest BCUT2D eigenvalue weighted by atomic mass is 16.1. The predicted molar refractivity (Wildman–Crippen MR) is 66.0 cm³/mol. The van der Waals surface area contributed by atoms with Crippen LogP contribution in [-0.4, -0.2) is 18.0 Å². The lowest BCUT2D eigenvalue weighted by atomic mass is 9.98. The first-order chi connectivity index (χ1) is 7.59. The van der Waals surface area contributed by atoms with Gasteiger partial charge in [-0.2, -0.15) is 0 Å². The fourth-order valence-electron chi connectivity index (χ4n) is 1.45. The molecule has 0 aliphatic carbocycles. The second kappa shape index (κ2) is 5.66. The summed E-state index contributed by atoms with van der Waals surface area (Å²) in [6.45, 7) is 4.45. The van der Waals surface area contributed by atoms with E-state index in [0.717, 1.165) is 12.0 Å². The van der Waals surface area contributed by atoms with Gasteiger partial charge in [-0.15, -0.1) is 0 Å². The molecule has 1 aromatic carbocycles. The van der Waals surface area contributed by atoms with Gasteiger partial charge in [0.25, 0.3) is 0 Å². The van der Waals surface area contributed by atoms with Gasteiger partial charge in [0.1, 0.15) is 0 Å². The van der Waals surface area contributed by atoms with Crippen LogP contribution < -0.4 is 11.1 Å². The molecule has 0 bridgehead atoms. The number of benzene rings is 1. The molecular formula is C13H20N2O. The summed E-state index contributed by atoms with van der Waals surface area (Å²) < 4.78 is 0. The zero-order valence-electron chi connectivity index (χ0n) is 9.99. The van der Waals surface area contributed by atoms with E-state index in [1.165, 1.54) is 0 Å². The molecule has 1 rings (SSSR count). The number of rotatable bonds is 5. The summed E-state index contributed by atoms with van der Waals surface area (Å²) >= 11 is 0. The zero-order valence-corrected chi connectivity index (χ0v) is 9.99. The highest BCUT2D eigenvalue weighted by Crippen LogP contribution is 2.07. The zero-order chi connectivity index (χ0) is 12.0. The molecule has 0 saturated heterocycles. The summed E-state index contributed by atoms with van der Waals surface area (Å²) in [7, 11) is 0. The minimum atomic E-state index is -0.286. The van der Waals surface area contributed by atoms with Crippen LogP contribution in [0.15, 0.2) is 30.3 Å². The summed E-state index contributed by atoms with van der Waals surface area (Å²) in [5.41, 5.74) is 6.38. The van der Waals surface area contributed by atoms with Crippen LogP contribution in [0.1, 0.15) is 25.8 Å². The number of hydrogen-bond acceptors (Lipinski definition) is 2. The Balaban J connectivity index is 2.54. The summed E-state index contributed by atoms with van der Waals surface area (Å²) in [5.74, 6) is 0.0287. The molecule has 0 radical (unpaired) electrons. The molecule has 16 heavy (non-hydrogen) atoms. The number of hydrogen-bond donors (Lipinski definition) is 2. The average molecular weight is 220 g/mol. The van der Waals surface area contributed by atoms with Crippen LogP contribution in [0.3, 0.4) is 0 Å². The number of carbonyl (C=O) groups excluding carboxylic acids is 1. The van der Waals surface area contributed by atoms with E-state index in [2.05, 4.69) is 5.32 Å². The molecule has 3 N–H and O–H groups in total. The largest absolute Gasteiger partial charge is 0.349 e. The quantitative estimate of drug-likeness (QED) is 0.789. The molecule has 1 aromatic rings. The lowest BCUT2D eigenvalue weighted by Crippen LogP contribution is -2.51. The van der Waals surface area contributed by atoms with Gasteiger partial charge in [0.2, 0.25) is 5.91 Å². The van der Waals surface area contributed by atoms with Crippen molar-refractivity contribution in [3.05, 3.63) is 35.9 Å². The van der Waals surface area contributed by atoms with Gasteiger partial charge in [-0.1, -0.05) is 37.3 Å². The van der Waals surface area contributed by atoms with Gasteiger partial charge in [0.05, 0.1) is 6.42 Å². The molecule has 0 aliphatic heterocycles. The minimum absolute atomic E-state index is 0.0287. The van der Waals surface area contributed by atoms with Crippen molar-refractivity contribution in [2.24, 2.45) is 5.73 Å². The van der Waals surface area contributed by atoms with Crippen LogP contribution in [0.4, 0.5) is 0 Å². The van der Waals surface area contributed by atoms with Crippen LogP contribution >= 0.6 is 0 Å². The van der Waals surface area contributed by atoms with Crippen molar-refractivity contribution in [1.82, 2.24) is 5.32 Å². The van der Waals surface area contributed by atoms with E-state index in [4.69, 9.17) is 5.73 Å². The lowest BCUT2D eigenvalue weighted by Gasteiger charge is -2.27. The number of carbonyl (C=O) groups is 1. The molecule has 3 heteroatoms. The first kappa shape index (κ1) is 12.7. The number of nitrogens with two attached hydrogens (primary N) is 1. The van der Waals surface area contributed by atoms with E-state index in [1.54, 1.807) is 0 Å². The van der Waals surface area contributed by atoms with Crippen LogP contribution in [-0.2, 0) is 11.2 Å². The van der Waals surface area contributed by atoms with Crippen molar-refractivity contribution < 1.29 is 4.79 Å². The fourth-order valence-corrected chi connectivity index (χ4v) is 1.45. The molecule has 0 aliphatic rings. The monoisotopic (exact) mass is 220 g/mol. The van der Waals surface area contributed by atoms with E-state index in [-0.39, 0.29) is 11.4 Å². The van der Waals surface area contributed by atoms with Crippen molar-refractivity contribution in [1.29, 1.82) is 0 Å². The maximum absolute atomic E-state index is 11.8. The Bertz CT molecular complexity index is 331. The second-order valence-electron chi connectivity index (χ2n) is 4.33. The molecule has 0 saturated carbocycles. The van der Waals surface area contributed by atoms with Gasteiger partial charge < -0.3 is 11.1 Å². The Morgan fingerprint density at radius 3 is 2.50 bits per heavy atom. The molecule has 0 spiro atoms. The van der Waals surface area contributed by atoms with Crippen LogP contribution in [0, 0.1) is 0 Å². The number of amides is 1. The third kappa shape index (κ3) is 3.66. The number of nitrogens with one attached hydrogen (secondary N) is 1. The van der Waals surface area contributed by atoms with Crippen LogP contribution in [0.2, 0.25) is 0 Å². The minimum Gasteiger partial charge on any atom is -0.349 e. The fraction of sp³-hybridized carbons (Fsp3) is 0.462. The first-order valence-corrected chi connectivity index (χ1v) is 5.64. The second-order valence-corrected chi connectivity index (χ2v) is 4.33. The lowest BCUT2D eigenvalue weighted by molar-refractivity contribution is -0.122. The average Bonchev–Trinajstić information content (AvgIpc) is 2.30. The molecule has 0 aromatic heterocycles. The Labute approximate surface area is 97.0 Å². The van der Waals surface area contributed by atoms with Crippen molar-refractivity contribution in [3.63, 3.8) is 0 Å². The van der Waals surface area contributed by atoms with Crippen LogP contribution in [0.5, 0.6) is 0 Å². The van der Waals surface area contributed by atoms with Gasteiger partial charge in [-0.05, 0) is 18.9 Å². The summed E-state index contributed by atoms with van der Waals surface area (Å²) in [6.07, 6.45) is 1.25. The molecule has 0 fully saturated rings. The molecule has 0 heterocycles. The van der Waals surface area contributed by atoms with Gasteiger partial charge >= 0.3 is 0 Å². The SMILES string of the molecule is CCC(C)(CN)NC(=O)Cc1ccccc1. The van der Waals surface area contributed by atoms with E-state index in [0.29, 0.717) is 13.0 Å². The molecule has 3 nitrogen and oxygen atoms in total. The van der Waals surface area contributed by atoms with Crippen molar-refractivity contribution in [3.8, 4) is 0 Å². The Hall–Kier alpha value is -1.35. The molecule has 1 amide bonds. The Morgan fingerprint density at radius 1 is 1.38 bits per heavy atom. The van der Waals surface area contributed by atoms with Gasteiger partial charge in [-0.3, -0.25) is 4.79 Å². The third-order valence-corrected chi connectivity index (χ3v) is 2.88. The smallest absolute Gasteiger partial charge is 0.224 e. The van der Waals surface area contributed by atoms with Crippen LogP contribution in [0.25, 0.3) is 0 Å². The van der Waals surface area contributed by atoms with Crippen molar-refractivity contribution in [2.75, 3.05) is 6.54 Å². The van der Waals surface area contributed by atoms with Crippen molar-refractivity contribution >= 4 is 5.91 Å². The van der Waals surface area contributed by atoms with Gasteiger partial charge in [0.15, 0.2) is 0 Å². The summed E-state index contributed by atoms with van der Waals surface area (Å²) in [4.78, 5) is 11.8. The predicted octanol–water partition coefficient (Wildman–Crippen LogP) is 1.47. The third-order valence-electron chi connectivity index (χ3n) is 2.88. The Morgan fingerprint density at radius 2 is 2.00 bits per heavy atom. The normalized spacial score (nSPS) is 14.2. The van der Waals surface area contributed by atoms with E-state index in [1.807, 2.05) is 44.2 Å².